The average Bonchev–Trinajstić information content (AvgIpc) is 2.75. The van der Waals surface area contributed by atoms with Gasteiger partial charge in [-0.1, -0.05) is 6.42 Å². The van der Waals surface area contributed by atoms with Gasteiger partial charge in [0.1, 0.15) is 5.82 Å². The zero-order valence-corrected chi connectivity index (χ0v) is 12.8. The molecular formula is C16H23FN4. The lowest BCUT2D eigenvalue weighted by atomic mass is 10.1. The van der Waals surface area contributed by atoms with Crippen LogP contribution in [0.5, 0.6) is 0 Å². The third-order valence-electron chi connectivity index (χ3n) is 4.41. The summed E-state index contributed by atoms with van der Waals surface area (Å²) in [4.78, 5) is 6.79. The van der Waals surface area contributed by atoms with Crippen LogP contribution in [0.3, 0.4) is 0 Å². The fourth-order valence-corrected chi connectivity index (χ4v) is 3.30. The molecule has 0 amide bonds. The maximum absolute atomic E-state index is 13.7. The van der Waals surface area contributed by atoms with Crippen LogP contribution in [-0.2, 0) is 0 Å². The molecule has 2 heterocycles. The first-order valence-electron chi connectivity index (χ1n) is 7.72. The van der Waals surface area contributed by atoms with Gasteiger partial charge in [-0.05, 0) is 51.4 Å². The molecule has 0 spiro atoms. The highest BCUT2D eigenvalue weighted by Gasteiger charge is 2.19. The van der Waals surface area contributed by atoms with Gasteiger partial charge >= 0.3 is 0 Å². The van der Waals surface area contributed by atoms with Crippen LogP contribution in [-0.4, -0.2) is 34.1 Å². The Balaban J connectivity index is 1.91. The number of imidazole rings is 1. The highest BCUT2D eigenvalue weighted by Crippen LogP contribution is 2.26. The molecule has 2 N–H and O–H groups in total. The maximum Gasteiger partial charge on any atom is 0.201 e. The Morgan fingerprint density at radius 2 is 2.00 bits per heavy atom. The van der Waals surface area contributed by atoms with E-state index in [1.54, 1.807) is 6.92 Å². The Hall–Kier alpha value is -1.62. The Labute approximate surface area is 124 Å². The lowest BCUT2D eigenvalue weighted by molar-refractivity contribution is 0.204. The van der Waals surface area contributed by atoms with Crippen LogP contribution < -0.4 is 5.73 Å². The average molecular weight is 290 g/mol. The van der Waals surface area contributed by atoms with Gasteiger partial charge in [0.25, 0.3) is 0 Å². The number of aryl methyl sites for hydroxylation is 1. The van der Waals surface area contributed by atoms with Crippen LogP contribution in [0.15, 0.2) is 12.1 Å². The summed E-state index contributed by atoms with van der Waals surface area (Å²) in [7, 11) is 0. The predicted molar refractivity (Wildman–Crippen MR) is 83.8 cm³/mol. The molecule has 2 aromatic rings. The van der Waals surface area contributed by atoms with Crippen molar-refractivity contribution < 1.29 is 4.39 Å². The number of benzene rings is 1. The largest absolute Gasteiger partial charge is 0.369 e. The normalized spacial score (nSPS) is 18.2. The first-order valence-corrected chi connectivity index (χ1v) is 7.72. The Bertz CT molecular complexity index is 643. The Morgan fingerprint density at radius 3 is 2.71 bits per heavy atom. The number of rotatable bonds is 3. The quantitative estimate of drug-likeness (QED) is 0.945. The number of halogens is 1. The summed E-state index contributed by atoms with van der Waals surface area (Å²) in [6, 6.07) is 3.56. The molecule has 1 atom stereocenters. The second-order valence-corrected chi connectivity index (χ2v) is 6.14. The number of aromatic nitrogens is 2. The third-order valence-corrected chi connectivity index (χ3v) is 4.41. The molecule has 1 aromatic carbocycles. The molecule has 1 aliphatic heterocycles. The third kappa shape index (κ3) is 2.75. The predicted octanol–water partition coefficient (Wildman–Crippen LogP) is 3.11. The molecule has 114 valence electrons. The van der Waals surface area contributed by atoms with Crippen molar-refractivity contribution in [3.8, 4) is 0 Å². The standard InChI is InChI=1S/C16H23FN4/c1-11-8-15-14(9-13(11)17)19-16(18)21(15)12(2)10-20-6-4-3-5-7-20/h8-9,12H,3-7,10H2,1-2H3,(H2,18,19). The van der Waals surface area contributed by atoms with Crippen molar-refractivity contribution in [1.29, 1.82) is 0 Å². The van der Waals surface area contributed by atoms with Crippen molar-refractivity contribution in [3.63, 3.8) is 0 Å². The number of hydrogen-bond acceptors (Lipinski definition) is 3. The fraction of sp³-hybridized carbons (Fsp3) is 0.562. The lowest BCUT2D eigenvalue weighted by Crippen LogP contribution is -2.34. The summed E-state index contributed by atoms with van der Waals surface area (Å²) < 4.78 is 15.7. The van der Waals surface area contributed by atoms with Gasteiger partial charge in [-0.15, -0.1) is 0 Å². The minimum absolute atomic E-state index is 0.226. The monoisotopic (exact) mass is 290 g/mol. The molecule has 1 fully saturated rings. The smallest absolute Gasteiger partial charge is 0.201 e. The molecule has 4 nitrogen and oxygen atoms in total. The number of anilines is 1. The zero-order chi connectivity index (χ0) is 15.0. The number of likely N-dealkylation sites (tertiary alicyclic amines) is 1. The van der Waals surface area contributed by atoms with E-state index >= 15 is 0 Å². The van der Waals surface area contributed by atoms with Crippen molar-refractivity contribution in [2.24, 2.45) is 0 Å². The van der Waals surface area contributed by atoms with Crippen LogP contribution in [0.25, 0.3) is 11.0 Å². The summed E-state index contributed by atoms with van der Waals surface area (Å²) in [6.07, 6.45) is 3.88. The molecule has 21 heavy (non-hydrogen) atoms. The van der Waals surface area contributed by atoms with E-state index in [0.717, 1.165) is 25.2 Å². The molecule has 0 radical (unpaired) electrons. The summed E-state index contributed by atoms with van der Waals surface area (Å²) >= 11 is 0. The highest BCUT2D eigenvalue weighted by molar-refractivity contribution is 5.79. The van der Waals surface area contributed by atoms with Gasteiger partial charge in [0.15, 0.2) is 0 Å². The second kappa shape index (κ2) is 5.64. The van der Waals surface area contributed by atoms with Crippen molar-refractivity contribution in [2.45, 2.75) is 39.2 Å². The molecule has 5 heteroatoms. The van der Waals surface area contributed by atoms with Gasteiger partial charge in [0, 0.05) is 18.7 Å². The van der Waals surface area contributed by atoms with Gasteiger partial charge in [-0.2, -0.15) is 0 Å². The van der Waals surface area contributed by atoms with Gasteiger partial charge in [-0.25, -0.2) is 9.37 Å². The second-order valence-electron chi connectivity index (χ2n) is 6.14. The Kier molecular flexibility index (Phi) is 3.85. The number of hydrogen-bond donors (Lipinski definition) is 1. The van der Waals surface area contributed by atoms with Crippen LogP contribution >= 0.6 is 0 Å². The van der Waals surface area contributed by atoms with Crippen molar-refractivity contribution in [3.05, 3.63) is 23.5 Å². The van der Waals surface area contributed by atoms with Crippen LogP contribution in [0, 0.1) is 12.7 Å². The lowest BCUT2D eigenvalue weighted by Gasteiger charge is -2.30. The van der Waals surface area contributed by atoms with Gasteiger partial charge in [-0.3, -0.25) is 0 Å². The van der Waals surface area contributed by atoms with E-state index in [2.05, 4.69) is 16.8 Å². The summed E-state index contributed by atoms with van der Waals surface area (Å²) in [6.45, 7) is 7.21. The van der Waals surface area contributed by atoms with Crippen LogP contribution in [0.1, 0.15) is 37.8 Å². The van der Waals surface area contributed by atoms with E-state index in [0.29, 0.717) is 17.0 Å². The van der Waals surface area contributed by atoms with Gasteiger partial charge < -0.3 is 15.2 Å². The van der Waals surface area contributed by atoms with Crippen LogP contribution in [0.2, 0.25) is 0 Å². The first kappa shape index (κ1) is 14.3. The summed E-state index contributed by atoms with van der Waals surface area (Å²) in [5, 5.41) is 0. The van der Waals surface area contributed by atoms with E-state index in [1.807, 2.05) is 10.6 Å². The molecule has 1 aromatic heterocycles. The molecule has 1 saturated heterocycles. The minimum atomic E-state index is -0.226. The van der Waals surface area contributed by atoms with Gasteiger partial charge in [0.05, 0.1) is 11.0 Å². The van der Waals surface area contributed by atoms with Gasteiger partial charge in [0.2, 0.25) is 5.95 Å². The van der Waals surface area contributed by atoms with E-state index < -0.39 is 0 Å². The minimum Gasteiger partial charge on any atom is -0.369 e. The number of fused-ring (bicyclic) bond motifs is 1. The van der Waals surface area contributed by atoms with E-state index in [1.165, 1.54) is 25.3 Å². The van der Waals surface area contributed by atoms with E-state index in [9.17, 15) is 4.39 Å². The molecule has 0 bridgehead atoms. The molecule has 1 unspecified atom stereocenters. The summed E-state index contributed by atoms with van der Waals surface area (Å²) in [5.74, 6) is 0.246. The zero-order valence-electron chi connectivity index (χ0n) is 12.8. The molecule has 0 saturated carbocycles. The molecule has 0 aliphatic carbocycles. The molecule has 1 aliphatic rings. The van der Waals surface area contributed by atoms with Crippen molar-refractivity contribution in [1.82, 2.24) is 14.5 Å². The van der Waals surface area contributed by atoms with Crippen LogP contribution in [0.4, 0.5) is 10.3 Å². The molecule has 3 rings (SSSR count). The topological polar surface area (TPSA) is 47.1 Å². The number of nitrogen functional groups attached to an aromatic ring is 1. The Morgan fingerprint density at radius 1 is 1.29 bits per heavy atom. The highest BCUT2D eigenvalue weighted by atomic mass is 19.1. The number of nitrogens with two attached hydrogens (primary N) is 1. The SMILES string of the molecule is Cc1cc2c(cc1F)nc(N)n2C(C)CN1CCCCC1. The first-order chi connectivity index (χ1) is 10.1. The fourth-order valence-electron chi connectivity index (χ4n) is 3.30. The number of nitrogens with zero attached hydrogens (tertiary/aromatic N) is 3. The maximum atomic E-state index is 13.7. The van der Waals surface area contributed by atoms with Crippen molar-refractivity contribution >= 4 is 17.0 Å². The molecular weight excluding hydrogens is 267 g/mol. The van der Waals surface area contributed by atoms with E-state index in [-0.39, 0.29) is 11.9 Å². The van der Waals surface area contributed by atoms with E-state index in [4.69, 9.17) is 5.73 Å². The van der Waals surface area contributed by atoms with Crippen molar-refractivity contribution in [2.75, 3.05) is 25.4 Å². The summed E-state index contributed by atoms with van der Waals surface area (Å²) in [5.41, 5.74) is 8.27. The number of piperidine rings is 1.